The van der Waals surface area contributed by atoms with E-state index < -0.39 is 11.6 Å². The summed E-state index contributed by atoms with van der Waals surface area (Å²) < 4.78 is 1.80. The van der Waals surface area contributed by atoms with Gasteiger partial charge in [-0.2, -0.15) is 5.10 Å². The van der Waals surface area contributed by atoms with Gasteiger partial charge in [0.1, 0.15) is 5.82 Å². The molecular formula is C41H46N4O5. The molecule has 0 saturated heterocycles. The molecule has 0 unspecified atom stereocenters. The van der Waals surface area contributed by atoms with Crippen LogP contribution in [0.4, 0.5) is 11.5 Å². The summed E-state index contributed by atoms with van der Waals surface area (Å²) in [5.41, 5.74) is 11.1. The van der Waals surface area contributed by atoms with E-state index in [9.17, 15) is 14.7 Å². The van der Waals surface area contributed by atoms with E-state index in [1.54, 1.807) is 32.6 Å². The zero-order valence-electron chi connectivity index (χ0n) is 30.1. The molecule has 1 aliphatic heterocycles. The summed E-state index contributed by atoms with van der Waals surface area (Å²) in [6.07, 6.45) is -0.119. The van der Waals surface area contributed by atoms with E-state index in [1.165, 1.54) is 0 Å². The first-order valence-electron chi connectivity index (χ1n) is 16.7. The van der Waals surface area contributed by atoms with E-state index in [-0.39, 0.29) is 12.3 Å². The summed E-state index contributed by atoms with van der Waals surface area (Å²) in [4.78, 5) is 31.7. The van der Waals surface area contributed by atoms with Gasteiger partial charge in [0.2, 0.25) is 0 Å². The van der Waals surface area contributed by atoms with Crippen LogP contribution in [-0.2, 0) is 29.1 Å². The first-order chi connectivity index (χ1) is 23.6. The fourth-order valence-electron chi connectivity index (χ4n) is 6.36. The molecule has 4 aromatic carbocycles. The van der Waals surface area contributed by atoms with Gasteiger partial charge in [0.15, 0.2) is 0 Å². The maximum Gasteiger partial charge on any atom is 0.307 e. The molecule has 0 spiro atoms. The van der Waals surface area contributed by atoms with Gasteiger partial charge in [0, 0.05) is 17.2 Å². The second kappa shape index (κ2) is 14.7. The topological polar surface area (TPSA) is 117 Å². The molecule has 0 aliphatic carbocycles. The maximum atomic E-state index is 13.7. The number of amides is 1. The lowest BCUT2D eigenvalue weighted by atomic mass is 9.80. The van der Waals surface area contributed by atoms with Gasteiger partial charge in [-0.1, -0.05) is 66.2 Å². The molecule has 2 heterocycles. The summed E-state index contributed by atoms with van der Waals surface area (Å²) in [5, 5.41) is 27.9. The number of hydrogen-bond donors (Lipinski definition) is 3. The van der Waals surface area contributed by atoms with Crippen LogP contribution < -0.4 is 10.4 Å². The molecule has 0 bridgehead atoms. The maximum absolute atomic E-state index is 13.7. The lowest BCUT2D eigenvalue weighted by molar-refractivity contribution is -0.136. The van der Waals surface area contributed by atoms with Crippen molar-refractivity contribution in [2.45, 2.75) is 73.6 Å². The second-order valence-corrected chi connectivity index (χ2v) is 13.8. The molecule has 1 aromatic heterocycles. The number of anilines is 2. The van der Waals surface area contributed by atoms with Crippen molar-refractivity contribution in [2.75, 3.05) is 17.5 Å². The number of aryl methyl sites for hydroxylation is 2. The number of nitrogens with zero attached hydrogens (tertiary/aromatic N) is 3. The highest BCUT2D eigenvalue weighted by atomic mass is 16.7. The van der Waals surface area contributed by atoms with Crippen LogP contribution in [0.25, 0.3) is 22.3 Å². The van der Waals surface area contributed by atoms with Crippen LogP contribution in [0.5, 0.6) is 0 Å². The van der Waals surface area contributed by atoms with Gasteiger partial charge in [-0.15, -0.1) is 0 Å². The molecule has 0 radical (unpaired) electrons. The Morgan fingerprint density at radius 1 is 0.900 bits per heavy atom. The Kier molecular flexibility index (Phi) is 10.6. The number of carbonyl (C=O) groups excluding carboxylic acids is 1. The lowest BCUT2D eigenvalue weighted by Crippen LogP contribution is -2.28. The summed E-state index contributed by atoms with van der Waals surface area (Å²) in [6, 6.07) is 25.8. The Morgan fingerprint density at radius 2 is 1.56 bits per heavy atom. The highest BCUT2D eigenvalue weighted by Crippen LogP contribution is 2.49. The minimum absolute atomic E-state index is 0.119. The summed E-state index contributed by atoms with van der Waals surface area (Å²) in [7, 11) is 1.62. The molecule has 9 nitrogen and oxygen atoms in total. The lowest BCUT2D eigenvalue weighted by Gasteiger charge is -2.35. The van der Waals surface area contributed by atoms with Gasteiger partial charge in [0.25, 0.3) is 5.91 Å². The number of carboxylic acid groups (broad SMARTS) is 1. The SMILES string of the molecule is CC(C)(C)O.CON1Cc2ccc(C(=O)Nc3cc(C)nn3Cc3ccccc3)cc2-c2c(C)c(-c3ccc(C)cc3)c(CC(=O)O)c(C)c21. The molecule has 0 saturated carbocycles. The number of aliphatic carboxylic acids is 1. The monoisotopic (exact) mass is 674 g/mol. The molecule has 5 aromatic rings. The minimum atomic E-state index is -0.897. The molecule has 50 heavy (non-hydrogen) atoms. The Balaban J connectivity index is 0.000000908. The van der Waals surface area contributed by atoms with Crippen molar-refractivity contribution in [1.29, 1.82) is 0 Å². The number of carboxylic acids is 1. The van der Waals surface area contributed by atoms with Crippen LogP contribution in [-0.4, -0.2) is 44.6 Å². The number of aliphatic hydroxyl groups is 1. The van der Waals surface area contributed by atoms with Crippen molar-refractivity contribution in [3.05, 3.63) is 124 Å². The predicted octanol–water partition coefficient (Wildman–Crippen LogP) is 8.04. The molecule has 1 aliphatic rings. The molecular weight excluding hydrogens is 628 g/mol. The molecule has 0 atom stereocenters. The van der Waals surface area contributed by atoms with Gasteiger partial charge >= 0.3 is 5.97 Å². The number of nitrogens with one attached hydrogen (secondary N) is 1. The van der Waals surface area contributed by atoms with E-state index in [4.69, 9.17) is 9.94 Å². The van der Waals surface area contributed by atoms with Crippen molar-refractivity contribution < 1.29 is 24.6 Å². The van der Waals surface area contributed by atoms with E-state index in [1.807, 2.05) is 112 Å². The Bertz CT molecular complexity index is 2020. The van der Waals surface area contributed by atoms with Gasteiger partial charge < -0.3 is 15.5 Å². The zero-order valence-corrected chi connectivity index (χ0v) is 30.1. The fourth-order valence-corrected chi connectivity index (χ4v) is 6.36. The standard InChI is InChI=1S/C37H36N4O4.C4H10O/c1-22-11-13-27(14-12-22)34-25(4)35-31-18-28(15-16-29(31)21-41(45-5)36(35)24(3)30(34)19-33(42)43)37(44)38-32-17-23(2)39-40(32)20-26-9-7-6-8-10-26;1-4(2,3)5/h6-18H,19-21H2,1-5H3,(H,38,44)(H,42,43);5H,1-3H3. The number of rotatable bonds is 8. The zero-order chi connectivity index (χ0) is 36.3. The van der Waals surface area contributed by atoms with Crippen molar-refractivity contribution in [3.63, 3.8) is 0 Å². The average Bonchev–Trinajstić information content (AvgIpc) is 3.40. The summed E-state index contributed by atoms with van der Waals surface area (Å²) in [5.74, 6) is -0.512. The molecule has 1 amide bonds. The first kappa shape index (κ1) is 36.0. The van der Waals surface area contributed by atoms with Gasteiger partial charge in [0.05, 0.1) is 43.6 Å². The van der Waals surface area contributed by atoms with Crippen molar-refractivity contribution in [1.82, 2.24) is 9.78 Å². The third-order valence-corrected chi connectivity index (χ3v) is 8.51. The molecule has 0 fully saturated rings. The van der Waals surface area contributed by atoms with Crippen LogP contribution in [0.3, 0.4) is 0 Å². The fraction of sp³-hybridized carbons (Fsp3) is 0.293. The van der Waals surface area contributed by atoms with E-state index in [0.717, 1.165) is 67.0 Å². The minimum Gasteiger partial charge on any atom is -0.481 e. The second-order valence-electron chi connectivity index (χ2n) is 13.8. The molecule has 260 valence electrons. The first-order valence-corrected chi connectivity index (χ1v) is 16.7. The van der Waals surface area contributed by atoms with Crippen LogP contribution in [0.2, 0.25) is 0 Å². The van der Waals surface area contributed by atoms with Crippen LogP contribution in [0.15, 0.2) is 78.9 Å². The number of aromatic nitrogens is 2. The van der Waals surface area contributed by atoms with E-state index >= 15 is 0 Å². The number of benzene rings is 4. The van der Waals surface area contributed by atoms with Crippen molar-refractivity contribution >= 4 is 23.4 Å². The highest BCUT2D eigenvalue weighted by molar-refractivity contribution is 6.06. The summed E-state index contributed by atoms with van der Waals surface area (Å²) >= 11 is 0. The highest BCUT2D eigenvalue weighted by Gasteiger charge is 2.31. The average molecular weight is 675 g/mol. The van der Waals surface area contributed by atoms with Crippen molar-refractivity contribution in [2.24, 2.45) is 0 Å². The summed E-state index contributed by atoms with van der Waals surface area (Å²) in [6.45, 7) is 14.1. The quantitative estimate of drug-likeness (QED) is 0.153. The number of hydroxylamine groups is 1. The van der Waals surface area contributed by atoms with E-state index in [0.29, 0.717) is 24.5 Å². The van der Waals surface area contributed by atoms with E-state index in [2.05, 4.69) is 10.4 Å². The normalized spacial score (nSPS) is 12.1. The van der Waals surface area contributed by atoms with Crippen LogP contribution >= 0.6 is 0 Å². The van der Waals surface area contributed by atoms with Crippen LogP contribution in [0, 0.1) is 27.7 Å². The largest absolute Gasteiger partial charge is 0.481 e. The third-order valence-electron chi connectivity index (χ3n) is 8.51. The Hall–Kier alpha value is -5.25. The van der Waals surface area contributed by atoms with Gasteiger partial charge in [-0.3, -0.25) is 14.4 Å². The van der Waals surface area contributed by atoms with Crippen LogP contribution in [0.1, 0.15) is 70.2 Å². The number of carbonyl (C=O) groups is 2. The smallest absolute Gasteiger partial charge is 0.307 e. The van der Waals surface area contributed by atoms with Gasteiger partial charge in [-0.05, 0) is 105 Å². The Labute approximate surface area is 294 Å². The molecule has 9 heteroatoms. The third kappa shape index (κ3) is 8.13. The molecule has 6 rings (SSSR count). The van der Waals surface area contributed by atoms with Gasteiger partial charge in [-0.25, -0.2) is 9.75 Å². The Morgan fingerprint density at radius 3 is 2.18 bits per heavy atom. The molecule has 3 N–H and O–H groups in total. The number of fused-ring (bicyclic) bond motifs is 3. The predicted molar refractivity (Wildman–Crippen MR) is 198 cm³/mol. The van der Waals surface area contributed by atoms with Crippen molar-refractivity contribution in [3.8, 4) is 22.3 Å². The number of hydrogen-bond acceptors (Lipinski definition) is 6.